The number of sulfonamides is 1. The summed E-state index contributed by atoms with van der Waals surface area (Å²) in [5, 5.41) is 2.80. The molecule has 0 saturated heterocycles. The van der Waals surface area contributed by atoms with Crippen LogP contribution in [-0.4, -0.2) is 14.3 Å². The minimum atomic E-state index is -3.72. The van der Waals surface area contributed by atoms with Crippen molar-refractivity contribution in [3.8, 4) is 0 Å². The summed E-state index contributed by atoms with van der Waals surface area (Å²) in [5.74, 6) is -0.248. The quantitative estimate of drug-likeness (QED) is 0.592. The summed E-state index contributed by atoms with van der Waals surface area (Å²) in [5.41, 5.74) is 2.22. The number of hydrogen-bond acceptors (Lipinski definition) is 3. The summed E-state index contributed by atoms with van der Waals surface area (Å²) < 4.78 is 28.6. The number of hydrogen-bond donors (Lipinski definition) is 2. The van der Waals surface area contributed by atoms with E-state index in [9.17, 15) is 13.2 Å². The second-order valence-corrected chi connectivity index (χ2v) is 8.51. The first-order valence-corrected chi connectivity index (χ1v) is 10.4. The van der Waals surface area contributed by atoms with E-state index in [0.717, 1.165) is 4.47 Å². The number of aryl methyl sites for hydroxylation is 1. The average Bonchev–Trinajstić information content (AvgIpc) is 2.65. The summed E-state index contributed by atoms with van der Waals surface area (Å²) >= 11 is 3.31. The third kappa shape index (κ3) is 4.75. The van der Waals surface area contributed by atoms with Gasteiger partial charge in [-0.1, -0.05) is 34.1 Å². The second kappa shape index (κ2) is 7.94. The van der Waals surface area contributed by atoms with Crippen LogP contribution in [0.4, 0.5) is 11.4 Å². The molecule has 0 aromatic heterocycles. The summed E-state index contributed by atoms with van der Waals surface area (Å²) in [6, 6.07) is 20.3. The van der Waals surface area contributed by atoms with Crippen LogP contribution in [-0.2, 0) is 10.0 Å². The van der Waals surface area contributed by atoms with Gasteiger partial charge < -0.3 is 5.32 Å². The van der Waals surface area contributed by atoms with Crippen molar-refractivity contribution < 1.29 is 13.2 Å². The van der Waals surface area contributed by atoms with Gasteiger partial charge in [-0.25, -0.2) is 8.42 Å². The first-order chi connectivity index (χ1) is 12.8. The van der Waals surface area contributed by atoms with Crippen molar-refractivity contribution in [2.45, 2.75) is 11.8 Å². The van der Waals surface area contributed by atoms with E-state index in [4.69, 9.17) is 0 Å². The van der Waals surface area contributed by atoms with Gasteiger partial charge in [-0.3, -0.25) is 9.52 Å². The number of amides is 1. The summed E-state index contributed by atoms with van der Waals surface area (Å²) in [6.45, 7) is 1.75. The first kappa shape index (κ1) is 19.1. The maximum atomic E-state index is 12.6. The zero-order valence-electron chi connectivity index (χ0n) is 14.4. The third-order valence-electron chi connectivity index (χ3n) is 3.89. The standard InChI is InChI=1S/C20H17BrN2O3S/c1-14-13-18(27(25,26)23-17-9-7-16(21)8-10-17)11-12-19(14)22-20(24)15-5-3-2-4-6-15/h2-13,23H,1H3,(H,22,24). The molecule has 0 heterocycles. The number of anilines is 2. The van der Waals surface area contributed by atoms with E-state index < -0.39 is 10.0 Å². The Bertz CT molecular complexity index is 1070. The number of carbonyl (C=O) groups is 1. The van der Waals surface area contributed by atoms with Gasteiger partial charge in [0.05, 0.1) is 4.90 Å². The number of nitrogens with one attached hydrogen (secondary N) is 2. The zero-order valence-corrected chi connectivity index (χ0v) is 16.8. The monoisotopic (exact) mass is 444 g/mol. The fourth-order valence-corrected chi connectivity index (χ4v) is 3.87. The molecule has 0 unspecified atom stereocenters. The van der Waals surface area contributed by atoms with Crippen LogP contribution in [0, 0.1) is 6.92 Å². The molecule has 0 aliphatic rings. The molecule has 5 nitrogen and oxygen atoms in total. The Balaban J connectivity index is 1.79. The fraction of sp³-hybridized carbons (Fsp3) is 0.0500. The molecule has 27 heavy (non-hydrogen) atoms. The summed E-state index contributed by atoms with van der Waals surface area (Å²) in [6.07, 6.45) is 0. The normalized spacial score (nSPS) is 11.0. The van der Waals surface area contributed by atoms with E-state index in [0.29, 0.717) is 22.5 Å². The maximum Gasteiger partial charge on any atom is 0.261 e. The van der Waals surface area contributed by atoms with Gasteiger partial charge in [-0.05, 0) is 67.1 Å². The predicted octanol–water partition coefficient (Wildman–Crippen LogP) is 4.81. The Morgan fingerprint density at radius 1 is 0.926 bits per heavy atom. The van der Waals surface area contributed by atoms with Gasteiger partial charge in [0.15, 0.2) is 0 Å². The Kier molecular flexibility index (Phi) is 5.62. The SMILES string of the molecule is Cc1cc(S(=O)(=O)Nc2ccc(Br)cc2)ccc1NC(=O)c1ccccc1. The van der Waals surface area contributed by atoms with E-state index in [2.05, 4.69) is 26.0 Å². The first-order valence-electron chi connectivity index (χ1n) is 8.10. The molecule has 2 N–H and O–H groups in total. The van der Waals surface area contributed by atoms with Crippen LogP contribution < -0.4 is 10.0 Å². The van der Waals surface area contributed by atoms with E-state index in [-0.39, 0.29) is 10.8 Å². The van der Waals surface area contributed by atoms with Gasteiger partial charge in [-0.15, -0.1) is 0 Å². The third-order valence-corrected chi connectivity index (χ3v) is 5.80. The maximum absolute atomic E-state index is 12.6. The molecule has 7 heteroatoms. The molecule has 0 radical (unpaired) electrons. The zero-order chi connectivity index (χ0) is 19.4. The predicted molar refractivity (Wildman–Crippen MR) is 111 cm³/mol. The van der Waals surface area contributed by atoms with Crippen LogP contribution >= 0.6 is 15.9 Å². The molecular formula is C20H17BrN2O3S. The van der Waals surface area contributed by atoms with Gasteiger partial charge in [0, 0.05) is 21.4 Å². The van der Waals surface area contributed by atoms with Crippen LogP contribution in [0.1, 0.15) is 15.9 Å². The smallest absolute Gasteiger partial charge is 0.261 e. The second-order valence-electron chi connectivity index (χ2n) is 5.91. The molecule has 0 saturated carbocycles. The lowest BCUT2D eigenvalue weighted by atomic mass is 10.1. The van der Waals surface area contributed by atoms with Gasteiger partial charge in [-0.2, -0.15) is 0 Å². The lowest BCUT2D eigenvalue weighted by Gasteiger charge is -2.12. The molecule has 3 aromatic rings. The lowest BCUT2D eigenvalue weighted by molar-refractivity contribution is 0.102. The Morgan fingerprint density at radius 2 is 1.59 bits per heavy atom. The molecule has 1 amide bonds. The van der Waals surface area contributed by atoms with E-state index in [1.807, 2.05) is 6.07 Å². The Hall–Kier alpha value is -2.64. The lowest BCUT2D eigenvalue weighted by Crippen LogP contribution is -2.15. The highest BCUT2D eigenvalue weighted by Crippen LogP contribution is 2.23. The van der Waals surface area contributed by atoms with Crippen molar-refractivity contribution in [1.82, 2.24) is 0 Å². The van der Waals surface area contributed by atoms with E-state index >= 15 is 0 Å². The number of rotatable bonds is 5. The van der Waals surface area contributed by atoms with Crippen LogP contribution in [0.25, 0.3) is 0 Å². The van der Waals surface area contributed by atoms with Gasteiger partial charge in [0.2, 0.25) is 0 Å². The topological polar surface area (TPSA) is 75.3 Å². The van der Waals surface area contributed by atoms with Crippen molar-refractivity contribution in [1.29, 1.82) is 0 Å². The molecule has 0 fully saturated rings. The molecular weight excluding hydrogens is 428 g/mol. The van der Waals surface area contributed by atoms with E-state index in [1.165, 1.54) is 12.1 Å². The highest BCUT2D eigenvalue weighted by molar-refractivity contribution is 9.10. The van der Waals surface area contributed by atoms with Crippen molar-refractivity contribution in [2.24, 2.45) is 0 Å². The molecule has 0 atom stereocenters. The Labute approximate surface area is 166 Å². The minimum absolute atomic E-state index is 0.126. The summed E-state index contributed by atoms with van der Waals surface area (Å²) in [7, 11) is -3.72. The largest absolute Gasteiger partial charge is 0.322 e. The molecule has 138 valence electrons. The molecule has 3 rings (SSSR count). The van der Waals surface area contributed by atoms with Crippen LogP contribution in [0.15, 0.2) is 82.2 Å². The molecule has 0 bridgehead atoms. The number of carbonyl (C=O) groups excluding carboxylic acids is 1. The van der Waals surface area contributed by atoms with Crippen molar-refractivity contribution in [3.63, 3.8) is 0 Å². The van der Waals surface area contributed by atoms with Gasteiger partial charge in [0.1, 0.15) is 0 Å². The van der Waals surface area contributed by atoms with Crippen molar-refractivity contribution >= 4 is 43.2 Å². The van der Waals surface area contributed by atoms with Crippen LogP contribution in [0.2, 0.25) is 0 Å². The highest BCUT2D eigenvalue weighted by atomic mass is 79.9. The van der Waals surface area contributed by atoms with Gasteiger partial charge in [0.25, 0.3) is 15.9 Å². The van der Waals surface area contributed by atoms with Crippen molar-refractivity contribution in [3.05, 3.63) is 88.4 Å². The molecule has 0 spiro atoms. The molecule has 0 aliphatic heterocycles. The molecule has 0 aliphatic carbocycles. The number of halogens is 1. The van der Waals surface area contributed by atoms with Crippen molar-refractivity contribution in [2.75, 3.05) is 10.0 Å². The van der Waals surface area contributed by atoms with Crippen LogP contribution in [0.5, 0.6) is 0 Å². The average molecular weight is 445 g/mol. The minimum Gasteiger partial charge on any atom is -0.322 e. The van der Waals surface area contributed by atoms with Crippen LogP contribution in [0.3, 0.4) is 0 Å². The van der Waals surface area contributed by atoms with Gasteiger partial charge >= 0.3 is 0 Å². The fourth-order valence-electron chi connectivity index (χ4n) is 2.46. The Morgan fingerprint density at radius 3 is 2.22 bits per heavy atom. The highest BCUT2D eigenvalue weighted by Gasteiger charge is 2.16. The van der Waals surface area contributed by atoms with E-state index in [1.54, 1.807) is 61.5 Å². The summed E-state index contributed by atoms with van der Waals surface area (Å²) in [4.78, 5) is 12.4. The number of benzene rings is 3. The molecule has 3 aromatic carbocycles.